The van der Waals surface area contributed by atoms with Crippen molar-refractivity contribution in [1.82, 2.24) is 57.7 Å². The number of carbonyl (C=O) groups is 16. The standard InChI is InChI=1S/C74H129N15O24/c1-15-20-37(6)32-38(7)58(96)42(11)63(100)80-45(21-18-28-75)64(101)79-44(24-27-53(92)93)59(97)60(98)71(108)85-55(40(9)41(10)62(78)99)68(105)87-57-61(39(8)36(4)5)113-74(111)51-23-16-17-30-89(51)73(110)48(33-54(94)95)83-69(106)56(43(12)112-14)86-67(104)50(25-26-52(77)91)88(13)72(109)47(31-35(2)3)82-65(102)46(22-19-29-76)81-66(103)49(34-90)84-70(57)107/h35-51,55-61,90,96-98H,15-34,75-76H2,1-14H3,(H2,77,91)(H2,78,99)(H,79,101)(H,80,100)(H,81,103)(H,82,102)(H,83,106)(H,84,107)(H,85,108)(H,86,104)(H,87,105)(H,92,93)(H,94,95)/t37-,38-,39-,40+,41-,42-,43-,44+,45-,46-,47+,48-,49-,50+,51+,55+,56+,57-,58-,59-,60-,61-/m1/s1. The van der Waals surface area contributed by atoms with Crippen LogP contribution in [0.15, 0.2) is 0 Å². The summed E-state index contributed by atoms with van der Waals surface area (Å²) in [6.45, 7) is 17.4. The number of primary amides is 2. The van der Waals surface area contributed by atoms with Gasteiger partial charge < -0.3 is 121 Å². The second kappa shape index (κ2) is 49.1. The Kier molecular flexibility index (Phi) is 43.6. The molecule has 39 heteroatoms. The molecular formula is C74H129N15O24. The maximum atomic E-state index is 15.5. The number of rotatable bonds is 40. The number of piperidine rings is 1. The first-order chi connectivity index (χ1) is 52.8. The fourth-order valence-corrected chi connectivity index (χ4v) is 13.5. The molecule has 2 fully saturated rings. The zero-order valence-corrected chi connectivity index (χ0v) is 67.7. The minimum absolute atomic E-state index is 0.0142. The van der Waals surface area contributed by atoms with Gasteiger partial charge in [-0.2, -0.15) is 0 Å². The maximum Gasteiger partial charge on any atom is 0.329 e. The second-order valence-corrected chi connectivity index (χ2v) is 30.9. The van der Waals surface area contributed by atoms with E-state index in [0.717, 1.165) is 36.8 Å². The lowest BCUT2D eigenvalue weighted by atomic mass is 9.85. The van der Waals surface area contributed by atoms with Crippen molar-refractivity contribution < 1.29 is 117 Å². The highest BCUT2D eigenvalue weighted by Crippen LogP contribution is 2.29. The smallest absolute Gasteiger partial charge is 0.329 e. The fourth-order valence-electron chi connectivity index (χ4n) is 13.5. The lowest BCUT2D eigenvalue weighted by Gasteiger charge is -2.39. The number of carboxylic acid groups (broad SMARTS) is 2. The Morgan fingerprint density at radius 3 is 1.79 bits per heavy atom. The van der Waals surface area contributed by atoms with E-state index in [1.54, 1.807) is 34.6 Å². The number of aliphatic hydroxyl groups excluding tert-OH is 4. The molecule has 0 spiro atoms. The van der Waals surface area contributed by atoms with E-state index in [0.29, 0.717) is 6.42 Å². The summed E-state index contributed by atoms with van der Waals surface area (Å²) in [5.41, 5.74) is 23.0. The molecule has 13 amide bonds. The summed E-state index contributed by atoms with van der Waals surface area (Å²) in [7, 11) is 2.31. The van der Waals surface area contributed by atoms with Gasteiger partial charge in [0, 0.05) is 39.5 Å². The number of nitrogens with zero attached hydrogens (tertiary/aromatic N) is 2. The van der Waals surface area contributed by atoms with Crippen LogP contribution < -0.4 is 70.8 Å². The number of nitrogens with one attached hydrogen (secondary N) is 9. The number of aliphatic carboxylic acids is 2. The number of hydrogen-bond acceptors (Lipinski definition) is 24. The van der Waals surface area contributed by atoms with Crippen molar-refractivity contribution in [2.75, 3.05) is 40.4 Å². The summed E-state index contributed by atoms with van der Waals surface area (Å²) < 4.78 is 11.7. The molecule has 0 aliphatic carbocycles. The van der Waals surface area contributed by atoms with Gasteiger partial charge >= 0.3 is 17.9 Å². The predicted octanol–water partition coefficient (Wildman–Crippen LogP) is -4.13. The van der Waals surface area contributed by atoms with Crippen molar-refractivity contribution in [3.63, 3.8) is 0 Å². The molecule has 0 radical (unpaired) electrons. The van der Waals surface area contributed by atoms with Crippen LogP contribution in [0.2, 0.25) is 0 Å². The molecule has 0 saturated carbocycles. The van der Waals surface area contributed by atoms with Gasteiger partial charge in [-0.25, -0.2) is 4.79 Å². The van der Waals surface area contributed by atoms with Crippen LogP contribution in [0, 0.1) is 47.3 Å². The van der Waals surface area contributed by atoms with Crippen LogP contribution in [-0.4, -0.2) is 273 Å². The van der Waals surface area contributed by atoms with Gasteiger partial charge in [-0.05, 0) is 126 Å². The number of ether oxygens (including phenoxy) is 2. The van der Waals surface area contributed by atoms with Crippen molar-refractivity contribution in [2.45, 2.75) is 283 Å². The van der Waals surface area contributed by atoms with Gasteiger partial charge in [0.05, 0.1) is 37.2 Å². The number of amides is 13. The molecule has 0 aromatic rings. The minimum atomic E-state index is -2.73. The van der Waals surface area contributed by atoms with Gasteiger partial charge in [0.15, 0.2) is 6.10 Å². The molecule has 2 aliphatic rings. The molecule has 644 valence electrons. The third kappa shape index (κ3) is 31.5. The van der Waals surface area contributed by atoms with Crippen molar-refractivity contribution in [3.05, 3.63) is 0 Å². The van der Waals surface area contributed by atoms with Crippen molar-refractivity contribution >= 4 is 94.7 Å². The first kappa shape index (κ1) is 100. The van der Waals surface area contributed by atoms with Crippen LogP contribution in [0.5, 0.6) is 0 Å². The van der Waals surface area contributed by atoms with E-state index in [1.165, 1.54) is 34.6 Å². The van der Waals surface area contributed by atoms with Gasteiger partial charge in [0.2, 0.25) is 70.9 Å². The first-order valence-electron chi connectivity index (χ1n) is 39.0. The van der Waals surface area contributed by atoms with Crippen LogP contribution >= 0.6 is 0 Å². The monoisotopic (exact) mass is 1610 g/mol. The van der Waals surface area contributed by atoms with Crippen LogP contribution in [0.1, 0.15) is 186 Å². The number of cyclic esters (lactones) is 1. The summed E-state index contributed by atoms with van der Waals surface area (Å²) >= 11 is 0. The number of carbonyl (C=O) groups excluding carboxylic acids is 14. The number of methoxy groups -OCH3 is 1. The van der Waals surface area contributed by atoms with E-state index in [4.69, 9.17) is 32.4 Å². The van der Waals surface area contributed by atoms with E-state index in [-0.39, 0.29) is 82.8 Å². The number of nitrogens with two attached hydrogens (primary N) is 4. The average Bonchev–Trinajstić information content (AvgIpc) is 0.930. The number of carboxylic acids is 2. The Morgan fingerprint density at radius 2 is 1.24 bits per heavy atom. The van der Waals surface area contributed by atoms with E-state index in [9.17, 15) is 88.2 Å². The number of esters is 1. The molecule has 0 bridgehead atoms. The van der Waals surface area contributed by atoms with Crippen LogP contribution in [0.25, 0.3) is 0 Å². The van der Waals surface area contributed by atoms with Gasteiger partial charge in [-0.1, -0.05) is 89.0 Å². The molecular weight excluding hydrogens is 1480 g/mol. The third-order valence-electron chi connectivity index (χ3n) is 21.2. The predicted molar refractivity (Wildman–Crippen MR) is 407 cm³/mol. The quantitative estimate of drug-likeness (QED) is 0.0259. The molecule has 23 N–H and O–H groups in total. The van der Waals surface area contributed by atoms with Gasteiger partial charge in [-0.15, -0.1) is 0 Å². The van der Waals surface area contributed by atoms with Gasteiger partial charge in [-0.3, -0.25) is 71.9 Å². The largest absolute Gasteiger partial charge is 0.481 e. The summed E-state index contributed by atoms with van der Waals surface area (Å²) in [6, 6.07) is -20.3. The van der Waals surface area contributed by atoms with E-state index in [2.05, 4.69) is 47.9 Å². The molecule has 0 aromatic heterocycles. The fraction of sp³-hybridized carbons (Fsp3) is 0.784. The highest BCUT2D eigenvalue weighted by atomic mass is 16.5. The average molecular weight is 1610 g/mol. The van der Waals surface area contributed by atoms with Crippen LogP contribution in [-0.2, 0) is 86.2 Å². The number of likely N-dealkylation sites (N-methyl/N-ethyl adjacent to an activating group) is 1. The van der Waals surface area contributed by atoms with Crippen molar-refractivity contribution in [3.8, 4) is 0 Å². The van der Waals surface area contributed by atoms with E-state index >= 15 is 19.2 Å². The maximum absolute atomic E-state index is 15.5. The Bertz CT molecular complexity index is 3220. The van der Waals surface area contributed by atoms with Crippen LogP contribution in [0.3, 0.4) is 0 Å². The van der Waals surface area contributed by atoms with Gasteiger partial charge in [0.25, 0.3) is 5.91 Å². The Morgan fingerprint density at radius 1 is 0.637 bits per heavy atom. The molecule has 113 heavy (non-hydrogen) atoms. The molecule has 0 aromatic carbocycles. The molecule has 2 saturated heterocycles. The Hall–Kier alpha value is -8.76. The number of fused-ring (bicyclic) bond motifs is 1. The number of hydrogen-bond donors (Lipinski definition) is 19. The molecule has 2 aliphatic heterocycles. The normalized spacial score (nSPS) is 24.4. The SMILES string of the molecule is CCC[C@@H](C)C[C@@H](C)[C@@H](O)[C@@H](C)C(=O)N[C@H](CCCN)C(=O)N[C@@H](CCC(=O)O)[C@@H](O)[C@@H](O)C(=O)N[C@H](C(=O)N[C@H]1C(=O)N[C@H](CO)C(=O)N[C@H](CCCN)C(=O)N[C@@H](CC(C)C)C(=O)N(C)[C@@H](CCC(N)=O)C(=O)N[C@@H]([C@@H](C)OC)C(=O)N[C@H](CC(=O)O)C(=O)N2CCCC[C@H]2C(=O)O[C@@H]1[C@H](C)C(C)C)[C@@H](C)[C@@H](C)C(N)=O. The van der Waals surface area contributed by atoms with Crippen molar-refractivity contribution in [1.29, 1.82) is 0 Å². The highest BCUT2D eigenvalue weighted by Gasteiger charge is 2.48. The summed E-state index contributed by atoms with van der Waals surface area (Å²) in [5, 5.41) is 88.0. The Balaban J connectivity index is 3.11. The highest BCUT2D eigenvalue weighted by molar-refractivity contribution is 6.00. The minimum Gasteiger partial charge on any atom is -0.481 e. The summed E-state index contributed by atoms with van der Waals surface area (Å²) in [5.74, 6) is -25.9. The lowest BCUT2D eigenvalue weighted by Crippen LogP contribution is -2.65. The second-order valence-electron chi connectivity index (χ2n) is 30.9. The Labute approximate surface area is 660 Å². The summed E-state index contributed by atoms with van der Waals surface area (Å²) in [6.07, 6.45) is -11.2. The third-order valence-corrected chi connectivity index (χ3v) is 21.2. The van der Waals surface area contributed by atoms with E-state index < -0.39 is 266 Å². The zero-order chi connectivity index (χ0) is 86.2. The molecule has 39 nitrogen and oxygen atoms in total. The van der Waals surface area contributed by atoms with Crippen LogP contribution in [0.4, 0.5) is 0 Å². The van der Waals surface area contributed by atoms with Crippen molar-refractivity contribution in [2.24, 2.45) is 70.3 Å². The number of aliphatic hydroxyl groups is 4. The molecule has 0 unspecified atom stereocenters. The summed E-state index contributed by atoms with van der Waals surface area (Å²) in [4.78, 5) is 229. The zero-order valence-electron chi connectivity index (χ0n) is 67.7. The van der Waals surface area contributed by atoms with E-state index in [1.807, 2.05) is 13.8 Å². The molecule has 22 atom stereocenters. The first-order valence-corrected chi connectivity index (χ1v) is 39.0. The molecule has 2 rings (SSSR count). The molecule has 2 heterocycles. The lowest BCUT2D eigenvalue weighted by molar-refractivity contribution is -0.168. The topological polar surface area (TPSA) is 632 Å². The van der Waals surface area contributed by atoms with Gasteiger partial charge in [0.1, 0.15) is 72.6 Å².